The first-order valence-corrected chi connectivity index (χ1v) is 31.3. The summed E-state index contributed by atoms with van der Waals surface area (Å²) < 4.78 is 11.9. The van der Waals surface area contributed by atoms with E-state index in [-0.39, 0.29) is 0 Å². The average molecular weight is 540 g/mol. The Kier molecular flexibility index (Phi) is 3.86. The summed E-state index contributed by atoms with van der Waals surface area (Å²) in [5.41, 5.74) is 9.08. The Hall–Kier alpha value is -2.02. The quantitative estimate of drug-likeness (QED) is 0.223. The molecule has 2 aliphatic rings. The van der Waals surface area contributed by atoms with Gasteiger partial charge in [-0.05, 0) is 0 Å². The predicted octanol–water partition coefficient (Wildman–Crippen LogP) is 9.11. The van der Waals surface area contributed by atoms with E-state index in [9.17, 15) is 0 Å². The molecule has 172 valence electrons. The summed E-state index contributed by atoms with van der Waals surface area (Å²) in [6.07, 6.45) is 4.98. The number of benzene rings is 4. The molecule has 2 unspecified atom stereocenters. The zero-order valence-electron chi connectivity index (χ0n) is 21.4. The van der Waals surface area contributed by atoms with Crippen molar-refractivity contribution in [3.05, 3.63) is 106 Å². The monoisotopic (exact) mass is 538 g/mol. The van der Waals surface area contributed by atoms with Gasteiger partial charge < -0.3 is 0 Å². The van der Waals surface area contributed by atoms with Gasteiger partial charge in [0.15, 0.2) is 0 Å². The van der Waals surface area contributed by atoms with E-state index in [2.05, 4.69) is 124 Å². The third-order valence-electron chi connectivity index (χ3n) is 9.31. The maximum absolute atomic E-state index is 4.69. The Bertz CT molecular complexity index is 1640. The van der Waals surface area contributed by atoms with Gasteiger partial charge in [-0.3, -0.25) is 0 Å². The van der Waals surface area contributed by atoms with Gasteiger partial charge in [0.1, 0.15) is 0 Å². The zero-order valence-corrected chi connectivity index (χ0v) is 25.3. The molecule has 0 aromatic heterocycles. The van der Waals surface area contributed by atoms with Gasteiger partial charge in [0.25, 0.3) is 0 Å². The Labute approximate surface area is 199 Å². The SMILES string of the molecule is CC1=Cc2ccc3ccccc3c2[CH]1[Zr]([CH3])([CH3])([CH3])([CH3])(=[SiH2])[CH]1C(C)=Cc2ccc3ccccc3c21. The van der Waals surface area contributed by atoms with Crippen molar-refractivity contribution in [2.75, 3.05) is 0 Å². The predicted molar refractivity (Wildman–Crippen MR) is 153 cm³/mol. The second-order valence-electron chi connectivity index (χ2n) is 15.5. The van der Waals surface area contributed by atoms with Gasteiger partial charge in [0, 0.05) is 0 Å². The van der Waals surface area contributed by atoms with Crippen LogP contribution in [0.2, 0.25) is 18.5 Å². The number of hydrogen-bond donors (Lipinski definition) is 0. The molecule has 0 fully saturated rings. The van der Waals surface area contributed by atoms with Crippen LogP contribution in [0, 0.1) is 0 Å². The normalized spacial score (nSPS) is 22.8. The molecule has 0 N–H and O–H groups in total. The molecule has 2 aliphatic carbocycles. The molecule has 0 saturated carbocycles. The molecular weight excluding hydrogens is 504 g/mol. The van der Waals surface area contributed by atoms with Crippen molar-refractivity contribution in [2.45, 2.75) is 39.6 Å². The summed E-state index contributed by atoms with van der Waals surface area (Å²) in [4.78, 5) is 0. The minimum atomic E-state index is -4.69. The van der Waals surface area contributed by atoms with Gasteiger partial charge >= 0.3 is 201 Å². The third-order valence-corrected chi connectivity index (χ3v) is 32.8. The van der Waals surface area contributed by atoms with Gasteiger partial charge in [-0.15, -0.1) is 0 Å². The molecular formula is C32H36SiZr. The molecule has 2 heteroatoms. The van der Waals surface area contributed by atoms with E-state index in [0.717, 1.165) is 0 Å². The Morgan fingerprint density at radius 3 is 1.35 bits per heavy atom. The van der Waals surface area contributed by atoms with Crippen molar-refractivity contribution in [3.63, 3.8) is 0 Å². The molecule has 4 aromatic rings. The van der Waals surface area contributed by atoms with Crippen molar-refractivity contribution >= 4 is 40.6 Å². The van der Waals surface area contributed by atoms with Crippen LogP contribution in [0.25, 0.3) is 33.7 Å². The van der Waals surface area contributed by atoms with Crippen molar-refractivity contribution < 1.29 is 14.4 Å². The van der Waals surface area contributed by atoms with Gasteiger partial charge in [-0.1, -0.05) is 0 Å². The molecule has 2 atom stereocenters. The topological polar surface area (TPSA) is 0 Å². The Morgan fingerprint density at radius 2 is 0.941 bits per heavy atom. The second kappa shape index (κ2) is 5.85. The molecule has 0 saturated heterocycles. The van der Waals surface area contributed by atoms with Crippen LogP contribution in [0.5, 0.6) is 0 Å². The first-order valence-electron chi connectivity index (χ1n) is 12.7. The molecule has 0 amide bonds. The van der Waals surface area contributed by atoms with Crippen molar-refractivity contribution in [3.8, 4) is 0 Å². The maximum atomic E-state index is 2.76. The number of allylic oxidation sites excluding steroid dienone is 2. The van der Waals surface area contributed by atoms with Gasteiger partial charge in [0.2, 0.25) is 0 Å². The fourth-order valence-corrected chi connectivity index (χ4v) is 37.1. The van der Waals surface area contributed by atoms with Gasteiger partial charge in [0.05, 0.1) is 0 Å². The van der Waals surface area contributed by atoms with Crippen LogP contribution < -0.4 is 0 Å². The molecule has 0 spiro atoms. The summed E-state index contributed by atoms with van der Waals surface area (Å²) >= 11 is -4.69. The molecule has 6 rings (SSSR count). The summed E-state index contributed by atoms with van der Waals surface area (Å²) in [5.74, 6) is 0. The summed E-state index contributed by atoms with van der Waals surface area (Å²) in [6.45, 7) is 7.23. The van der Waals surface area contributed by atoms with Gasteiger partial charge in [-0.25, -0.2) is 0 Å². The summed E-state index contributed by atoms with van der Waals surface area (Å²) in [5, 5.41) is 5.59. The van der Waals surface area contributed by atoms with Crippen LogP contribution in [-0.2, 0) is 14.4 Å². The molecule has 0 heterocycles. The summed E-state index contributed by atoms with van der Waals surface area (Å²) in [7, 11) is 0. The third kappa shape index (κ3) is 2.85. The van der Waals surface area contributed by atoms with Crippen molar-refractivity contribution in [1.82, 2.24) is 0 Å². The van der Waals surface area contributed by atoms with E-state index in [4.69, 9.17) is 0 Å². The molecule has 0 bridgehead atoms. The first-order chi connectivity index (χ1) is 15.7. The van der Waals surface area contributed by atoms with E-state index < -0.39 is 14.4 Å². The van der Waals surface area contributed by atoms with Crippen LogP contribution in [0.4, 0.5) is 0 Å². The summed E-state index contributed by atoms with van der Waals surface area (Å²) in [6, 6.07) is 27.4. The number of fused-ring (bicyclic) bond motifs is 6. The minimum absolute atomic E-state index is 0.439. The Balaban J connectivity index is 1.75. The molecule has 0 nitrogen and oxygen atoms in total. The van der Waals surface area contributed by atoms with Gasteiger partial charge in [-0.2, -0.15) is 0 Å². The standard InChI is InChI=1S/2C14H11.4CH3.H2Si.Zr/c2*1-10-8-12-7-6-11-4-2-3-5-13(11)14(12)9-10;;;;;;/h2*2-9H,1H3;4*1H3;1H2;. The first kappa shape index (κ1) is 22.4. The fourth-order valence-electron chi connectivity index (χ4n) is 8.73. The van der Waals surface area contributed by atoms with E-state index in [0.29, 0.717) is 7.25 Å². The molecule has 4 aromatic carbocycles. The molecule has 34 heavy (non-hydrogen) atoms. The van der Waals surface area contributed by atoms with Crippen LogP contribution in [0.15, 0.2) is 83.9 Å². The van der Waals surface area contributed by atoms with Crippen molar-refractivity contribution in [1.29, 1.82) is 0 Å². The Morgan fingerprint density at radius 1 is 0.559 bits per heavy atom. The van der Waals surface area contributed by atoms with Crippen LogP contribution in [-0.4, -0.2) is 6.88 Å². The number of hydrogen-bond acceptors (Lipinski definition) is 0. The number of rotatable bonds is 2. The van der Waals surface area contributed by atoms with E-state index in [1.165, 1.54) is 32.7 Å². The second-order valence-corrected chi connectivity index (χ2v) is 75.8. The molecule has 0 radical (unpaired) electrons. The van der Waals surface area contributed by atoms with Crippen LogP contribution in [0.3, 0.4) is 0 Å². The molecule has 0 aliphatic heterocycles. The zero-order chi connectivity index (χ0) is 24.2. The average Bonchev–Trinajstić information content (AvgIpc) is 3.31. The van der Waals surface area contributed by atoms with E-state index in [1.807, 2.05) is 0 Å². The van der Waals surface area contributed by atoms with E-state index in [1.54, 1.807) is 22.3 Å². The fraction of sp³-hybridized carbons (Fsp3) is 0.250. The van der Waals surface area contributed by atoms with Crippen LogP contribution >= 0.6 is 0 Å². The van der Waals surface area contributed by atoms with Crippen LogP contribution in [0.1, 0.15) is 43.4 Å². The van der Waals surface area contributed by atoms with Crippen molar-refractivity contribution in [2.24, 2.45) is 0 Å². The van der Waals surface area contributed by atoms with E-state index >= 15 is 0 Å².